The topological polar surface area (TPSA) is 117 Å². The maximum absolute atomic E-state index is 11.5. The van der Waals surface area contributed by atoms with Gasteiger partial charge in [0.25, 0.3) is 0 Å². The number of amides is 2. The third-order valence-corrected chi connectivity index (χ3v) is 6.51. The van der Waals surface area contributed by atoms with Gasteiger partial charge >= 0.3 is 12.0 Å². The van der Waals surface area contributed by atoms with Gasteiger partial charge in [0.05, 0.1) is 23.9 Å². The number of hydrogen-bond donors (Lipinski definition) is 2. The maximum atomic E-state index is 11.5. The number of carbonyl (C=O) groups excluding carboxylic acids is 1. The number of aromatic nitrogens is 2. The minimum Gasteiger partial charge on any atom is -0.476 e. The number of aromatic carboxylic acids is 1. The van der Waals surface area contributed by atoms with Gasteiger partial charge in [-0.15, -0.1) is 16.5 Å². The number of alkyl halides is 1. The molecule has 1 fully saturated rings. The number of fused-ring (bicyclic) bond motifs is 1. The number of urea groups is 1. The Bertz CT molecular complexity index is 1210. The molecule has 0 atom stereocenters. The van der Waals surface area contributed by atoms with Crippen LogP contribution in [0, 0.1) is 4.91 Å². The summed E-state index contributed by atoms with van der Waals surface area (Å²) in [7, 11) is 0. The highest BCUT2D eigenvalue weighted by Crippen LogP contribution is 2.24. The Morgan fingerprint density at radius 2 is 1.86 bits per heavy atom. The summed E-state index contributed by atoms with van der Waals surface area (Å²) in [6, 6.07) is 12.2. The fraction of sp³-hybridized carbons (Fsp3) is 0.375. The molecule has 1 aromatic heterocycles. The summed E-state index contributed by atoms with van der Waals surface area (Å²) in [4.78, 5) is 33.1. The number of carbonyl (C=O) groups is 2. The lowest BCUT2D eigenvalue weighted by molar-refractivity contribution is 0.0691. The predicted molar refractivity (Wildman–Crippen MR) is 141 cm³/mol. The SMILES string of the molecule is O=C(O)c1nn(Cc2ccc(Cl)cc2Cl)c2ccccc12.O=NN(CCCl)C(=O)NC1CCCCC1. The van der Waals surface area contributed by atoms with E-state index in [1.54, 1.807) is 28.9 Å². The molecule has 1 heterocycles. The lowest BCUT2D eigenvalue weighted by Gasteiger charge is -2.24. The van der Waals surface area contributed by atoms with Crippen molar-refractivity contribution in [3.8, 4) is 0 Å². The van der Waals surface area contributed by atoms with Crippen LogP contribution in [-0.2, 0) is 6.54 Å². The lowest BCUT2D eigenvalue weighted by Crippen LogP contribution is -2.43. The Hall–Kier alpha value is -2.88. The van der Waals surface area contributed by atoms with Crippen LogP contribution >= 0.6 is 34.8 Å². The van der Waals surface area contributed by atoms with Gasteiger partial charge in [-0.1, -0.05) is 66.7 Å². The largest absolute Gasteiger partial charge is 0.476 e. The number of halogens is 3. The standard InChI is InChI=1S/C15H10Cl2N2O2.C9H16ClN3O2/c16-10-6-5-9(12(17)7-10)8-19-13-4-2-1-3-11(13)14(18-19)15(20)21;10-6-7-13(12-15)9(14)11-8-4-2-1-3-5-8/h1-7H,8H2,(H,20,21);8H,1-7H2,(H,11,14). The van der Waals surface area contributed by atoms with E-state index < -0.39 is 12.0 Å². The molecule has 0 saturated heterocycles. The Kier molecular flexibility index (Phi) is 10.3. The second kappa shape index (κ2) is 13.4. The molecule has 2 N–H and O–H groups in total. The summed E-state index contributed by atoms with van der Waals surface area (Å²) in [5.41, 5.74) is 1.61. The van der Waals surface area contributed by atoms with Crippen molar-refractivity contribution < 1.29 is 14.7 Å². The molecule has 0 aliphatic heterocycles. The van der Waals surface area contributed by atoms with Crippen LogP contribution in [0.25, 0.3) is 10.9 Å². The number of nitrogens with one attached hydrogen (secondary N) is 1. The van der Waals surface area contributed by atoms with Crippen LogP contribution in [0.2, 0.25) is 10.0 Å². The van der Waals surface area contributed by atoms with Crippen molar-refractivity contribution in [2.45, 2.75) is 44.7 Å². The summed E-state index contributed by atoms with van der Waals surface area (Å²) in [6.07, 6.45) is 5.46. The molecular weight excluding hydrogens is 529 g/mol. The highest BCUT2D eigenvalue weighted by Gasteiger charge is 2.20. The highest BCUT2D eigenvalue weighted by atomic mass is 35.5. The molecule has 1 saturated carbocycles. The first kappa shape index (κ1) is 27.7. The Labute approximate surface area is 223 Å². The van der Waals surface area contributed by atoms with E-state index in [-0.39, 0.29) is 24.2 Å². The molecule has 2 aromatic carbocycles. The Morgan fingerprint density at radius 1 is 1.14 bits per heavy atom. The smallest absolute Gasteiger partial charge is 0.357 e. The fourth-order valence-electron chi connectivity index (χ4n) is 3.97. The van der Waals surface area contributed by atoms with Gasteiger partial charge in [0.1, 0.15) is 0 Å². The van der Waals surface area contributed by atoms with Gasteiger partial charge in [-0.2, -0.15) is 10.1 Å². The molecule has 1 aliphatic rings. The molecule has 12 heteroatoms. The second-order valence-corrected chi connectivity index (χ2v) is 9.46. The summed E-state index contributed by atoms with van der Waals surface area (Å²) < 4.78 is 1.63. The van der Waals surface area contributed by atoms with Crippen molar-refractivity contribution in [1.29, 1.82) is 0 Å². The number of rotatable bonds is 7. The van der Waals surface area contributed by atoms with Crippen molar-refractivity contribution in [3.05, 3.63) is 68.7 Å². The van der Waals surface area contributed by atoms with E-state index in [9.17, 15) is 19.6 Å². The van der Waals surface area contributed by atoms with Gasteiger partial charge < -0.3 is 10.4 Å². The summed E-state index contributed by atoms with van der Waals surface area (Å²) >= 11 is 17.5. The van der Waals surface area contributed by atoms with Gasteiger partial charge in [0.2, 0.25) is 0 Å². The average molecular weight is 555 g/mol. The van der Waals surface area contributed by atoms with E-state index in [0.29, 0.717) is 22.0 Å². The van der Waals surface area contributed by atoms with E-state index in [1.165, 1.54) is 6.42 Å². The number of nitrogens with zero attached hydrogens (tertiary/aromatic N) is 4. The number of carboxylic acid groups (broad SMARTS) is 1. The van der Waals surface area contributed by atoms with Gasteiger partial charge in [-0.05, 0) is 36.6 Å². The predicted octanol–water partition coefficient (Wildman–Crippen LogP) is 6.34. The number of para-hydroxylation sites is 1. The first-order valence-corrected chi connectivity index (χ1v) is 12.7. The maximum Gasteiger partial charge on any atom is 0.357 e. The zero-order valence-corrected chi connectivity index (χ0v) is 21.6. The first-order valence-electron chi connectivity index (χ1n) is 11.4. The van der Waals surface area contributed by atoms with Crippen LogP contribution in [0.15, 0.2) is 47.8 Å². The van der Waals surface area contributed by atoms with Crippen molar-refractivity contribution in [1.82, 2.24) is 20.1 Å². The van der Waals surface area contributed by atoms with Crippen molar-refractivity contribution >= 4 is 57.7 Å². The third-order valence-electron chi connectivity index (χ3n) is 5.76. The summed E-state index contributed by atoms with van der Waals surface area (Å²) in [5, 5.41) is 21.4. The van der Waals surface area contributed by atoms with E-state index in [1.807, 2.05) is 18.2 Å². The number of hydrogen-bond acceptors (Lipinski definition) is 5. The first-order chi connectivity index (χ1) is 17.3. The molecule has 0 spiro atoms. The van der Waals surface area contributed by atoms with E-state index in [2.05, 4.69) is 15.7 Å². The third kappa shape index (κ3) is 7.32. The van der Waals surface area contributed by atoms with Crippen LogP contribution < -0.4 is 5.32 Å². The molecule has 9 nitrogen and oxygen atoms in total. The quantitative estimate of drug-likeness (QED) is 0.201. The Balaban J connectivity index is 0.000000214. The van der Waals surface area contributed by atoms with E-state index in [4.69, 9.17) is 34.8 Å². The molecule has 0 bridgehead atoms. The molecular formula is C24H26Cl3N5O4. The Morgan fingerprint density at radius 3 is 2.50 bits per heavy atom. The molecule has 4 rings (SSSR count). The monoisotopic (exact) mass is 553 g/mol. The zero-order valence-electron chi connectivity index (χ0n) is 19.4. The average Bonchev–Trinajstić information content (AvgIpc) is 3.24. The minimum atomic E-state index is -1.05. The zero-order chi connectivity index (χ0) is 26.1. The van der Waals surface area contributed by atoms with Crippen molar-refractivity contribution in [2.75, 3.05) is 12.4 Å². The summed E-state index contributed by atoms with van der Waals surface area (Å²) in [5.74, 6) is -0.837. The van der Waals surface area contributed by atoms with Crippen LogP contribution in [0.1, 0.15) is 48.2 Å². The lowest BCUT2D eigenvalue weighted by atomic mass is 9.96. The van der Waals surface area contributed by atoms with Gasteiger partial charge in [-0.25, -0.2) is 9.59 Å². The molecule has 36 heavy (non-hydrogen) atoms. The molecule has 3 aromatic rings. The molecule has 0 unspecified atom stereocenters. The van der Waals surface area contributed by atoms with Gasteiger partial charge in [0.15, 0.2) is 5.69 Å². The van der Waals surface area contributed by atoms with E-state index in [0.717, 1.165) is 41.8 Å². The van der Waals surface area contributed by atoms with Crippen LogP contribution in [0.3, 0.4) is 0 Å². The molecule has 0 radical (unpaired) electrons. The minimum absolute atomic E-state index is 0.0377. The van der Waals surface area contributed by atoms with Crippen LogP contribution in [0.4, 0.5) is 4.79 Å². The number of carboxylic acids is 1. The van der Waals surface area contributed by atoms with Gasteiger partial charge in [-0.3, -0.25) is 4.68 Å². The van der Waals surface area contributed by atoms with Crippen LogP contribution in [0.5, 0.6) is 0 Å². The number of benzene rings is 2. The fourth-order valence-corrected chi connectivity index (χ4v) is 4.60. The van der Waals surface area contributed by atoms with Gasteiger partial charge in [0, 0.05) is 27.4 Å². The van der Waals surface area contributed by atoms with Crippen molar-refractivity contribution in [2.24, 2.45) is 5.29 Å². The van der Waals surface area contributed by atoms with E-state index >= 15 is 0 Å². The number of nitroso groups, excluding NO2 is 1. The second-order valence-electron chi connectivity index (χ2n) is 8.24. The highest BCUT2D eigenvalue weighted by molar-refractivity contribution is 6.35. The normalized spacial score (nSPS) is 13.5. The van der Waals surface area contributed by atoms with Crippen LogP contribution in [-0.4, -0.2) is 50.4 Å². The molecule has 2 amide bonds. The summed E-state index contributed by atoms with van der Waals surface area (Å²) in [6.45, 7) is 0.535. The van der Waals surface area contributed by atoms with Crippen molar-refractivity contribution in [3.63, 3.8) is 0 Å². The molecule has 1 aliphatic carbocycles. The molecule has 192 valence electrons.